The van der Waals surface area contributed by atoms with E-state index >= 15 is 4.39 Å². The van der Waals surface area contributed by atoms with Gasteiger partial charge in [0.2, 0.25) is 5.43 Å². The number of nitrogens with one attached hydrogen (secondary N) is 1. The summed E-state index contributed by atoms with van der Waals surface area (Å²) in [6, 6.07) is -1.35. The van der Waals surface area contributed by atoms with Crippen LogP contribution in [0.15, 0.2) is 29.2 Å². The van der Waals surface area contributed by atoms with E-state index in [1.807, 2.05) is 4.90 Å². The number of piperazine rings is 1. The Labute approximate surface area is 228 Å². The number of alkyl halides is 3. The van der Waals surface area contributed by atoms with Crippen LogP contribution in [0.4, 0.5) is 36.6 Å². The van der Waals surface area contributed by atoms with Crippen LogP contribution in [-0.4, -0.2) is 77.0 Å². The molecule has 2 fully saturated rings. The number of pyridine rings is 2. The second-order valence-electron chi connectivity index (χ2n) is 10.2. The highest BCUT2D eigenvalue weighted by Gasteiger charge is 2.50. The normalized spacial score (nSPS) is 19.0. The summed E-state index contributed by atoms with van der Waals surface area (Å²) in [7, 11) is 1.75. The van der Waals surface area contributed by atoms with Gasteiger partial charge in [0, 0.05) is 38.0 Å². The van der Waals surface area contributed by atoms with E-state index < -0.39 is 81.1 Å². The summed E-state index contributed by atoms with van der Waals surface area (Å²) in [5.74, 6) is -8.00. The van der Waals surface area contributed by atoms with Crippen molar-refractivity contribution in [2.75, 3.05) is 38.2 Å². The molecule has 1 aliphatic carbocycles. The lowest BCUT2D eigenvalue weighted by molar-refractivity contribution is -0.158. The maximum atomic E-state index is 15.4. The molecule has 220 valence electrons. The summed E-state index contributed by atoms with van der Waals surface area (Å²) in [4.78, 5) is 33.7. The number of rotatable bonds is 6. The second kappa shape index (κ2) is 10.6. The number of carbonyl (C=O) groups is 1. The van der Waals surface area contributed by atoms with Gasteiger partial charge in [-0.1, -0.05) is 0 Å². The minimum Gasteiger partial charge on any atom is -0.395 e. The van der Waals surface area contributed by atoms with E-state index in [1.54, 1.807) is 12.4 Å². The third kappa shape index (κ3) is 5.47. The number of fused-ring (bicyclic) bond motifs is 1. The predicted octanol–water partition coefficient (Wildman–Crippen LogP) is 3.13. The number of aromatic nitrogens is 2. The first-order chi connectivity index (χ1) is 19.3. The summed E-state index contributed by atoms with van der Waals surface area (Å²) in [5.41, 5.74) is -3.69. The fraction of sp³-hybridized carbons (Fsp3) is 0.423. The van der Waals surface area contributed by atoms with E-state index in [1.165, 1.54) is 4.90 Å². The van der Waals surface area contributed by atoms with Crippen LogP contribution in [0, 0.1) is 29.2 Å². The zero-order chi connectivity index (χ0) is 29.8. The van der Waals surface area contributed by atoms with Crippen LogP contribution in [0.2, 0.25) is 0 Å². The molecule has 0 bridgehead atoms. The molecule has 1 aliphatic heterocycles. The molecule has 41 heavy (non-hydrogen) atoms. The Hall–Kier alpha value is -3.72. The van der Waals surface area contributed by atoms with E-state index in [4.69, 9.17) is 0 Å². The first-order valence-corrected chi connectivity index (χ1v) is 12.6. The summed E-state index contributed by atoms with van der Waals surface area (Å²) in [5, 5.41) is 10.8. The number of likely N-dealkylation sites (N-methyl/N-ethyl adjacent to an activating group) is 1. The van der Waals surface area contributed by atoms with Crippen LogP contribution in [0.5, 0.6) is 0 Å². The maximum Gasteiger partial charge on any atom is 0.408 e. The van der Waals surface area contributed by atoms with E-state index in [0.717, 1.165) is 0 Å². The Morgan fingerprint density at radius 1 is 1.10 bits per heavy atom. The molecule has 1 aromatic carbocycles. The highest BCUT2D eigenvalue weighted by atomic mass is 19.4. The SMILES string of the molecule is CN1CCN(c2nc3c(cc2F)c(=O)c(C(=O)NC(C2CC2)C(F)(F)F)cn3-c2c(F)cc(F)cc2F)CC1CO. The Kier molecular flexibility index (Phi) is 7.44. The fourth-order valence-corrected chi connectivity index (χ4v) is 4.98. The van der Waals surface area contributed by atoms with Crippen LogP contribution in [0.1, 0.15) is 23.2 Å². The quantitative estimate of drug-likeness (QED) is 0.431. The number of carbonyl (C=O) groups excluding carboxylic acids is 1. The van der Waals surface area contributed by atoms with Crippen LogP contribution >= 0.6 is 0 Å². The van der Waals surface area contributed by atoms with Crippen molar-refractivity contribution in [2.24, 2.45) is 5.92 Å². The largest absolute Gasteiger partial charge is 0.408 e. The van der Waals surface area contributed by atoms with Crippen LogP contribution in [0.3, 0.4) is 0 Å². The number of benzene rings is 1. The monoisotopic (exact) mass is 587 g/mol. The third-order valence-corrected chi connectivity index (χ3v) is 7.40. The molecule has 2 N–H and O–H groups in total. The smallest absolute Gasteiger partial charge is 0.395 e. The van der Waals surface area contributed by atoms with Gasteiger partial charge in [0.15, 0.2) is 28.9 Å². The van der Waals surface area contributed by atoms with Gasteiger partial charge in [0.05, 0.1) is 18.0 Å². The number of halogens is 7. The molecule has 2 aliphatic rings. The molecular formula is C26H24F7N5O3. The standard InChI is InChI=1S/C26H24F7N5O3/c1-36-4-5-37(9-14(36)11-39)24-19(30)8-15-21(40)16(25(41)34-22(12-2-3-12)26(31,32)33)10-38(23(15)35-24)20-17(28)6-13(27)7-18(20)29/h6-8,10,12,14,22,39H,2-5,9,11H2,1H3,(H,34,41). The first kappa shape index (κ1) is 28.8. The van der Waals surface area contributed by atoms with Crippen LogP contribution < -0.4 is 15.6 Å². The van der Waals surface area contributed by atoms with Crippen molar-refractivity contribution in [2.45, 2.75) is 31.1 Å². The van der Waals surface area contributed by atoms with Gasteiger partial charge >= 0.3 is 6.18 Å². The number of anilines is 1. The second-order valence-corrected chi connectivity index (χ2v) is 10.2. The molecular weight excluding hydrogens is 563 g/mol. The molecule has 1 saturated heterocycles. The molecule has 2 aromatic heterocycles. The van der Waals surface area contributed by atoms with Gasteiger partial charge in [-0.05, 0) is 31.9 Å². The van der Waals surface area contributed by atoms with E-state index in [-0.39, 0.29) is 38.4 Å². The summed E-state index contributed by atoms with van der Waals surface area (Å²) >= 11 is 0. The summed E-state index contributed by atoms with van der Waals surface area (Å²) in [6.07, 6.45) is -3.84. The van der Waals surface area contributed by atoms with E-state index in [0.29, 0.717) is 35.5 Å². The van der Waals surface area contributed by atoms with Gasteiger partial charge in [0.25, 0.3) is 5.91 Å². The average Bonchev–Trinajstić information content (AvgIpc) is 3.72. The molecule has 8 nitrogen and oxygen atoms in total. The van der Waals surface area contributed by atoms with Crippen molar-refractivity contribution < 1.29 is 40.6 Å². The molecule has 5 rings (SSSR count). The fourth-order valence-electron chi connectivity index (χ4n) is 4.98. The lowest BCUT2D eigenvalue weighted by Crippen LogP contribution is -2.53. The highest BCUT2D eigenvalue weighted by Crippen LogP contribution is 2.40. The van der Waals surface area contributed by atoms with Gasteiger partial charge in [-0.25, -0.2) is 22.5 Å². The van der Waals surface area contributed by atoms with Crippen molar-refractivity contribution in [3.05, 3.63) is 63.5 Å². The van der Waals surface area contributed by atoms with Gasteiger partial charge < -0.3 is 15.3 Å². The van der Waals surface area contributed by atoms with Crippen LogP contribution in [0.25, 0.3) is 16.7 Å². The minimum absolute atomic E-state index is 0.104. The van der Waals surface area contributed by atoms with Crippen molar-refractivity contribution in [3.8, 4) is 5.69 Å². The lowest BCUT2D eigenvalue weighted by Gasteiger charge is -2.39. The molecule has 15 heteroatoms. The van der Waals surface area contributed by atoms with Gasteiger partial charge in [-0.15, -0.1) is 0 Å². The molecule has 2 unspecified atom stereocenters. The molecule has 0 radical (unpaired) electrons. The minimum atomic E-state index is -4.83. The van der Waals surface area contributed by atoms with Crippen LogP contribution in [-0.2, 0) is 0 Å². The summed E-state index contributed by atoms with van der Waals surface area (Å²) < 4.78 is 100. The summed E-state index contributed by atoms with van der Waals surface area (Å²) in [6.45, 7) is 0.453. The average molecular weight is 587 g/mol. The van der Waals surface area contributed by atoms with Gasteiger partial charge in [-0.2, -0.15) is 13.2 Å². The predicted molar refractivity (Wildman–Crippen MR) is 133 cm³/mol. The number of hydrogen-bond acceptors (Lipinski definition) is 6. The number of nitrogens with zero attached hydrogens (tertiary/aromatic N) is 4. The number of hydrogen-bond donors (Lipinski definition) is 2. The van der Waals surface area contributed by atoms with Crippen molar-refractivity contribution in [1.82, 2.24) is 19.8 Å². The Bertz CT molecular complexity index is 1550. The van der Waals surface area contributed by atoms with Crippen molar-refractivity contribution >= 4 is 22.8 Å². The van der Waals surface area contributed by atoms with Gasteiger partial charge in [0.1, 0.15) is 23.1 Å². The Morgan fingerprint density at radius 3 is 2.34 bits per heavy atom. The maximum absolute atomic E-state index is 15.4. The number of aliphatic hydroxyl groups excluding tert-OH is 1. The molecule has 1 amide bonds. The zero-order valence-corrected chi connectivity index (χ0v) is 21.5. The Balaban J connectivity index is 1.70. The Morgan fingerprint density at radius 2 is 1.76 bits per heavy atom. The number of amides is 1. The lowest BCUT2D eigenvalue weighted by atomic mass is 10.1. The van der Waals surface area contributed by atoms with E-state index in [2.05, 4.69) is 4.98 Å². The zero-order valence-electron chi connectivity index (χ0n) is 21.5. The molecule has 3 heterocycles. The van der Waals surface area contributed by atoms with Gasteiger partial charge in [-0.3, -0.25) is 19.1 Å². The molecule has 0 spiro atoms. The van der Waals surface area contributed by atoms with E-state index in [9.17, 15) is 41.0 Å². The molecule has 2 atom stereocenters. The topological polar surface area (TPSA) is 90.7 Å². The number of aliphatic hydroxyl groups is 1. The third-order valence-electron chi connectivity index (χ3n) is 7.40. The van der Waals surface area contributed by atoms with Crippen molar-refractivity contribution in [1.29, 1.82) is 0 Å². The molecule has 1 saturated carbocycles. The first-order valence-electron chi connectivity index (χ1n) is 12.6. The van der Waals surface area contributed by atoms with Crippen molar-refractivity contribution in [3.63, 3.8) is 0 Å². The molecule has 3 aromatic rings. The highest BCUT2D eigenvalue weighted by molar-refractivity contribution is 5.97.